The first-order chi connectivity index (χ1) is 7.68. The van der Waals surface area contributed by atoms with E-state index in [1.54, 1.807) is 0 Å². The summed E-state index contributed by atoms with van der Waals surface area (Å²) in [5.41, 5.74) is 2.78. The molecule has 2 nitrogen and oxygen atoms in total. The van der Waals surface area contributed by atoms with Gasteiger partial charge in [-0.05, 0) is 30.5 Å². The maximum Gasteiger partial charge on any atom is 0.0386 e. The van der Waals surface area contributed by atoms with Crippen LogP contribution in [0.15, 0.2) is 24.3 Å². The van der Waals surface area contributed by atoms with Crippen molar-refractivity contribution in [3.63, 3.8) is 0 Å². The Bertz CT molecular complexity index is 329. The van der Waals surface area contributed by atoms with E-state index in [0.29, 0.717) is 12.0 Å². The molecule has 16 heavy (non-hydrogen) atoms. The number of hydrogen-bond acceptors (Lipinski definition) is 2. The molecule has 88 valence electrons. The van der Waals surface area contributed by atoms with Crippen LogP contribution in [0.5, 0.6) is 0 Å². The van der Waals surface area contributed by atoms with Gasteiger partial charge in [0.2, 0.25) is 0 Å². The molecule has 1 aromatic carbocycles. The lowest BCUT2D eigenvalue weighted by Crippen LogP contribution is -2.49. The Morgan fingerprint density at radius 3 is 2.50 bits per heavy atom. The van der Waals surface area contributed by atoms with Gasteiger partial charge in [-0.1, -0.05) is 26.0 Å². The van der Waals surface area contributed by atoms with Crippen LogP contribution in [0, 0.1) is 0 Å². The summed E-state index contributed by atoms with van der Waals surface area (Å²) in [5.74, 6) is 0.620. The SMILES string of the molecule is CC(C)c1ccc(N2CCNC[C@@H]2C)cc1. The van der Waals surface area contributed by atoms with Crippen molar-refractivity contribution in [3.05, 3.63) is 29.8 Å². The van der Waals surface area contributed by atoms with E-state index in [0.717, 1.165) is 19.6 Å². The molecule has 0 amide bonds. The largest absolute Gasteiger partial charge is 0.366 e. The van der Waals surface area contributed by atoms with E-state index in [1.165, 1.54) is 11.3 Å². The third-order valence-corrected chi connectivity index (χ3v) is 3.39. The van der Waals surface area contributed by atoms with E-state index in [1.807, 2.05) is 0 Å². The van der Waals surface area contributed by atoms with Crippen molar-refractivity contribution in [1.82, 2.24) is 5.32 Å². The molecule has 1 aliphatic heterocycles. The van der Waals surface area contributed by atoms with Crippen molar-refractivity contribution < 1.29 is 0 Å². The molecular formula is C14H22N2. The van der Waals surface area contributed by atoms with Crippen molar-refractivity contribution in [2.24, 2.45) is 0 Å². The van der Waals surface area contributed by atoms with Crippen LogP contribution in [0.25, 0.3) is 0 Å². The molecule has 1 saturated heterocycles. The maximum absolute atomic E-state index is 3.42. The van der Waals surface area contributed by atoms with Crippen LogP contribution in [-0.2, 0) is 0 Å². The van der Waals surface area contributed by atoms with Crippen LogP contribution in [0.3, 0.4) is 0 Å². The molecule has 1 heterocycles. The summed E-state index contributed by atoms with van der Waals surface area (Å²) < 4.78 is 0. The summed E-state index contributed by atoms with van der Waals surface area (Å²) in [6, 6.07) is 9.64. The summed E-state index contributed by atoms with van der Waals surface area (Å²) in [6.07, 6.45) is 0. The molecule has 0 spiro atoms. The minimum atomic E-state index is 0.596. The first-order valence-electron chi connectivity index (χ1n) is 6.26. The molecule has 0 aromatic heterocycles. The molecule has 0 bridgehead atoms. The van der Waals surface area contributed by atoms with Crippen molar-refractivity contribution in [3.8, 4) is 0 Å². The van der Waals surface area contributed by atoms with Gasteiger partial charge < -0.3 is 10.2 Å². The fourth-order valence-electron chi connectivity index (χ4n) is 2.28. The van der Waals surface area contributed by atoms with E-state index in [9.17, 15) is 0 Å². The second-order valence-corrected chi connectivity index (χ2v) is 4.99. The molecule has 2 rings (SSSR count). The average Bonchev–Trinajstić information content (AvgIpc) is 2.30. The van der Waals surface area contributed by atoms with E-state index >= 15 is 0 Å². The predicted molar refractivity (Wildman–Crippen MR) is 70.2 cm³/mol. The van der Waals surface area contributed by atoms with Crippen LogP contribution < -0.4 is 10.2 Å². The van der Waals surface area contributed by atoms with E-state index in [2.05, 4.69) is 55.3 Å². The van der Waals surface area contributed by atoms with Gasteiger partial charge in [-0.2, -0.15) is 0 Å². The number of rotatable bonds is 2. The number of hydrogen-bond donors (Lipinski definition) is 1. The molecule has 0 radical (unpaired) electrons. The topological polar surface area (TPSA) is 15.3 Å². The molecular weight excluding hydrogens is 196 g/mol. The van der Waals surface area contributed by atoms with Gasteiger partial charge in [-0.25, -0.2) is 0 Å². The first kappa shape index (κ1) is 11.5. The van der Waals surface area contributed by atoms with E-state index in [4.69, 9.17) is 0 Å². The van der Waals surface area contributed by atoms with Gasteiger partial charge in [0.05, 0.1) is 0 Å². The van der Waals surface area contributed by atoms with E-state index < -0.39 is 0 Å². The molecule has 1 N–H and O–H groups in total. The average molecular weight is 218 g/mol. The molecule has 0 aliphatic carbocycles. The minimum Gasteiger partial charge on any atom is -0.366 e. The molecule has 1 atom stereocenters. The zero-order chi connectivity index (χ0) is 11.5. The Kier molecular flexibility index (Phi) is 3.49. The second kappa shape index (κ2) is 4.88. The first-order valence-corrected chi connectivity index (χ1v) is 6.26. The number of nitrogens with zero attached hydrogens (tertiary/aromatic N) is 1. The number of nitrogens with one attached hydrogen (secondary N) is 1. The summed E-state index contributed by atoms with van der Waals surface area (Å²) in [6.45, 7) is 10.1. The Balaban J connectivity index is 2.14. The van der Waals surface area contributed by atoms with Crippen molar-refractivity contribution in [1.29, 1.82) is 0 Å². The monoisotopic (exact) mass is 218 g/mol. The Morgan fingerprint density at radius 2 is 1.94 bits per heavy atom. The lowest BCUT2D eigenvalue weighted by Gasteiger charge is -2.36. The van der Waals surface area contributed by atoms with E-state index in [-0.39, 0.29) is 0 Å². The fraction of sp³-hybridized carbons (Fsp3) is 0.571. The highest BCUT2D eigenvalue weighted by atomic mass is 15.2. The Labute approximate surface area is 98.7 Å². The number of piperazine rings is 1. The lowest BCUT2D eigenvalue weighted by atomic mass is 10.0. The maximum atomic E-state index is 3.42. The quantitative estimate of drug-likeness (QED) is 0.821. The molecule has 1 fully saturated rings. The summed E-state index contributed by atoms with van der Waals surface area (Å²) in [7, 11) is 0. The fourth-order valence-corrected chi connectivity index (χ4v) is 2.28. The van der Waals surface area contributed by atoms with Gasteiger partial charge in [0.25, 0.3) is 0 Å². The highest BCUT2D eigenvalue weighted by Gasteiger charge is 2.17. The molecule has 1 aromatic rings. The molecule has 0 saturated carbocycles. The zero-order valence-electron chi connectivity index (χ0n) is 10.5. The van der Waals surface area contributed by atoms with Crippen LogP contribution in [0.2, 0.25) is 0 Å². The zero-order valence-corrected chi connectivity index (χ0v) is 10.5. The Hall–Kier alpha value is -1.02. The van der Waals surface area contributed by atoms with Gasteiger partial charge >= 0.3 is 0 Å². The van der Waals surface area contributed by atoms with Gasteiger partial charge in [0.1, 0.15) is 0 Å². The van der Waals surface area contributed by atoms with Crippen LogP contribution >= 0.6 is 0 Å². The normalized spacial score (nSPS) is 21.5. The molecule has 2 heteroatoms. The highest BCUT2D eigenvalue weighted by molar-refractivity contribution is 5.49. The van der Waals surface area contributed by atoms with Crippen molar-refractivity contribution in [2.45, 2.75) is 32.7 Å². The van der Waals surface area contributed by atoms with Crippen LogP contribution in [0.1, 0.15) is 32.3 Å². The lowest BCUT2D eigenvalue weighted by molar-refractivity contribution is 0.501. The molecule has 1 aliphatic rings. The third kappa shape index (κ3) is 2.38. The van der Waals surface area contributed by atoms with Crippen molar-refractivity contribution >= 4 is 5.69 Å². The van der Waals surface area contributed by atoms with Gasteiger partial charge in [0, 0.05) is 31.4 Å². The standard InChI is InChI=1S/C14H22N2/c1-11(2)13-4-6-14(7-5-13)16-9-8-15-10-12(16)3/h4-7,11-12,15H,8-10H2,1-3H3/t12-/m0/s1. The van der Waals surface area contributed by atoms with Crippen LogP contribution in [-0.4, -0.2) is 25.7 Å². The second-order valence-electron chi connectivity index (χ2n) is 4.99. The summed E-state index contributed by atoms with van der Waals surface area (Å²) in [5, 5.41) is 3.42. The van der Waals surface area contributed by atoms with Gasteiger partial charge in [-0.3, -0.25) is 0 Å². The van der Waals surface area contributed by atoms with Gasteiger partial charge in [-0.15, -0.1) is 0 Å². The Morgan fingerprint density at radius 1 is 1.25 bits per heavy atom. The third-order valence-electron chi connectivity index (χ3n) is 3.39. The smallest absolute Gasteiger partial charge is 0.0386 e. The predicted octanol–water partition coefficient (Wildman–Crippen LogP) is 2.61. The minimum absolute atomic E-state index is 0.596. The summed E-state index contributed by atoms with van der Waals surface area (Å²) >= 11 is 0. The van der Waals surface area contributed by atoms with Crippen LogP contribution in [0.4, 0.5) is 5.69 Å². The number of benzene rings is 1. The number of anilines is 1. The van der Waals surface area contributed by atoms with Crippen molar-refractivity contribution in [2.75, 3.05) is 24.5 Å². The molecule has 0 unspecified atom stereocenters. The van der Waals surface area contributed by atoms with Gasteiger partial charge in [0.15, 0.2) is 0 Å². The summed E-state index contributed by atoms with van der Waals surface area (Å²) in [4.78, 5) is 2.49. The highest BCUT2D eigenvalue weighted by Crippen LogP contribution is 2.22.